The van der Waals surface area contributed by atoms with E-state index in [1.165, 1.54) is 30.2 Å². The maximum atomic E-state index is 10.3. The van der Waals surface area contributed by atoms with Gasteiger partial charge in [0, 0.05) is 26.0 Å². The van der Waals surface area contributed by atoms with E-state index in [9.17, 15) is 10.2 Å². The van der Waals surface area contributed by atoms with Gasteiger partial charge < -0.3 is 10.2 Å². The van der Waals surface area contributed by atoms with Crippen LogP contribution in [0.1, 0.15) is 51.5 Å². The number of aliphatic hydroxyl groups is 2. The molecule has 3 nitrogen and oxygen atoms in total. The molecule has 0 bridgehead atoms. The Morgan fingerprint density at radius 2 is 1.61 bits per heavy atom. The molecule has 2 aliphatic carbocycles. The van der Waals surface area contributed by atoms with Crippen LogP contribution >= 0.6 is 0 Å². The van der Waals surface area contributed by atoms with Crippen LogP contribution in [0.4, 0.5) is 0 Å². The van der Waals surface area contributed by atoms with Gasteiger partial charge in [-0.15, -0.1) is 35.9 Å². The van der Waals surface area contributed by atoms with Gasteiger partial charge in [-0.2, -0.15) is 0 Å². The molecule has 1 aromatic heterocycles. The predicted octanol–water partition coefficient (Wildman–Crippen LogP) is 6.20. The first-order valence-corrected chi connectivity index (χ1v) is 12.1. The molecule has 2 saturated carbocycles. The van der Waals surface area contributed by atoms with Crippen molar-refractivity contribution in [2.75, 3.05) is 0 Å². The minimum atomic E-state index is -0.282. The second-order valence-electron chi connectivity index (χ2n) is 9.95. The summed E-state index contributed by atoms with van der Waals surface area (Å²) in [6.45, 7) is 6.32. The third-order valence-electron chi connectivity index (χ3n) is 7.56. The largest absolute Gasteiger partial charge is 0.392 e. The molecular weight excluding hydrogens is 587 g/mol. The van der Waals surface area contributed by atoms with Crippen molar-refractivity contribution in [3.05, 3.63) is 66.2 Å². The molecule has 2 fully saturated rings. The van der Waals surface area contributed by atoms with E-state index in [1.54, 1.807) is 0 Å². The van der Waals surface area contributed by atoms with Crippen LogP contribution in [0.2, 0.25) is 0 Å². The standard InChI is InChI=1S/C16H12N.C13H24O2.Ir/c1-12-7-8-14-9-10-15(17-16(14)11-12)13-5-3-2-4-6-13;1-8-4-3-5-10-7-6-9(2)13(15)11(10)12(8)14;/h2-5,7-11H,1H3;8-15H,3-7H2,1-2H3;/q-1;;/t;8-,9-,10?,11?,12?,13?;/m.0./s1. The normalized spacial score (nSPS) is 29.1. The van der Waals surface area contributed by atoms with Crippen molar-refractivity contribution in [3.63, 3.8) is 0 Å². The molecule has 1 heterocycles. The summed E-state index contributed by atoms with van der Waals surface area (Å²) in [5, 5.41) is 21.7. The van der Waals surface area contributed by atoms with E-state index in [4.69, 9.17) is 0 Å². The molecule has 5 rings (SSSR count). The Kier molecular flexibility index (Phi) is 9.24. The van der Waals surface area contributed by atoms with E-state index in [2.05, 4.69) is 56.1 Å². The first-order valence-electron chi connectivity index (χ1n) is 12.1. The third-order valence-corrected chi connectivity index (χ3v) is 7.56. The second kappa shape index (κ2) is 11.7. The summed E-state index contributed by atoms with van der Waals surface area (Å²) in [4.78, 5) is 4.68. The van der Waals surface area contributed by atoms with Gasteiger partial charge in [-0.05, 0) is 73.1 Å². The van der Waals surface area contributed by atoms with Gasteiger partial charge in [0.1, 0.15) is 0 Å². The van der Waals surface area contributed by atoms with Crippen molar-refractivity contribution in [3.8, 4) is 11.3 Å². The van der Waals surface area contributed by atoms with E-state index in [0.717, 1.165) is 29.6 Å². The molecule has 0 amide bonds. The van der Waals surface area contributed by atoms with Crippen LogP contribution in [0.15, 0.2) is 54.6 Å². The maximum Gasteiger partial charge on any atom is 0.0621 e. The molecule has 2 aromatic carbocycles. The van der Waals surface area contributed by atoms with E-state index < -0.39 is 0 Å². The number of pyridine rings is 1. The van der Waals surface area contributed by atoms with Crippen molar-refractivity contribution in [1.29, 1.82) is 0 Å². The quantitative estimate of drug-likeness (QED) is 0.318. The fraction of sp³-hybridized carbons (Fsp3) is 0.483. The number of rotatable bonds is 1. The summed E-state index contributed by atoms with van der Waals surface area (Å²) >= 11 is 0. The van der Waals surface area contributed by atoms with E-state index in [-0.39, 0.29) is 38.2 Å². The Hall–Kier alpha value is -1.58. The Bertz CT molecular complexity index is 1020. The van der Waals surface area contributed by atoms with Gasteiger partial charge in [0.25, 0.3) is 0 Å². The molecule has 0 spiro atoms. The van der Waals surface area contributed by atoms with Crippen molar-refractivity contribution in [2.24, 2.45) is 23.7 Å². The monoisotopic (exact) mass is 623 g/mol. The minimum Gasteiger partial charge on any atom is -0.392 e. The van der Waals surface area contributed by atoms with Crippen LogP contribution in [-0.4, -0.2) is 27.4 Å². The SMILES string of the molecule is C[C@H]1CCCC2CC[C@H](C)C(O)C2C1O.Cc1ccc2ccc(-c3[c-]cccc3)nc2c1.[Ir]. The molecule has 4 unspecified atom stereocenters. The number of benzene rings is 2. The molecule has 3 aromatic rings. The summed E-state index contributed by atoms with van der Waals surface area (Å²) in [7, 11) is 0. The fourth-order valence-corrected chi connectivity index (χ4v) is 5.50. The number of hydrogen-bond donors (Lipinski definition) is 2. The van der Waals surface area contributed by atoms with Gasteiger partial charge in [0.05, 0.1) is 17.7 Å². The Labute approximate surface area is 212 Å². The van der Waals surface area contributed by atoms with E-state index in [1.807, 2.05) is 30.3 Å². The van der Waals surface area contributed by atoms with Crippen LogP contribution in [0.3, 0.4) is 0 Å². The van der Waals surface area contributed by atoms with Crippen molar-refractivity contribution in [2.45, 2.75) is 65.1 Å². The van der Waals surface area contributed by atoms with E-state index in [0.29, 0.717) is 17.8 Å². The molecule has 2 N–H and O–H groups in total. The predicted molar refractivity (Wildman–Crippen MR) is 131 cm³/mol. The van der Waals surface area contributed by atoms with Crippen LogP contribution in [0.5, 0.6) is 0 Å². The average Bonchev–Trinajstić information content (AvgIpc) is 2.95. The van der Waals surface area contributed by atoms with Crippen molar-refractivity contribution < 1.29 is 30.3 Å². The second-order valence-corrected chi connectivity index (χ2v) is 9.95. The van der Waals surface area contributed by atoms with Crippen molar-refractivity contribution in [1.82, 2.24) is 4.98 Å². The molecule has 4 heteroatoms. The third kappa shape index (κ3) is 6.11. The average molecular weight is 623 g/mol. The zero-order chi connectivity index (χ0) is 22.7. The number of aliphatic hydroxyl groups excluding tert-OH is 2. The summed E-state index contributed by atoms with van der Waals surface area (Å²) in [6.07, 6.45) is 5.32. The van der Waals surface area contributed by atoms with Gasteiger partial charge in [0.15, 0.2) is 0 Å². The maximum absolute atomic E-state index is 10.3. The molecule has 33 heavy (non-hydrogen) atoms. The first-order chi connectivity index (χ1) is 15.4. The molecule has 0 saturated heterocycles. The molecule has 6 atom stereocenters. The number of aryl methyl sites for hydroxylation is 1. The zero-order valence-electron chi connectivity index (χ0n) is 19.9. The Morgan fingerprint density at radius 1 is 0.879 bits per heavy atom. The van der Waals surface area contributed by atoms with Gasteiger partial charge in [-0.3, -0.25) is 4.98 Å². The Balaban J connectivity index is 0.000000182. The van der Waals surface area contributed by atoms with Gasteiger partial charge in [-0.1, -0.05) is 44.5 Å². The number of aromatic nitrogens is 1. The summed E-state index contributed by atoms with van der Waals surface area (Å²) in [5.74, 6) is 1.44. The molecular formula is C29H36IrNO2-. The number of nitrogens with zero attached hydrogens (tertiary/aromatic N) is 1. The van der Waals surface area contributed by atoms with Crippen LogP contribution in [-0.2, 0) is 20.1 Å². The van der Waals surface area contributed by atoms with E-state index >= 15 is 0 Å². The molecule has 1 radical (unpaired) electrons. The summed E-state index contributed by atoms with van der Waals surface area (Å²) in [5.41, 5.74) is 4.29. The molecule has 0 aliphatic heterocycles. The topological polar surface area (TPSA) is 53.4 Å². The number of fused-ring (bicyclic) bond motifs is 2. The van der Waals surface area contributed by atoms with Crippen LogP contribution in [0.25, 0.3) is 22.2 Å². The van der Waals surface area contributed by atoms with Gasteiger partial charge >= 0.3 is 0 Å². The smallest absolute Gasteiger partial charge is 0.0621 e. The zero-order valence-corrected chi connectivity index (χ0v) is 22.3. The fourth-order valence-electron chi connectivity index (χ4n) is 5.50. The number of hydrogen-bond acceptors (Lipinski definition) is 3. The molecule has 179 valence electrons. The van der Waals surface area contributed by atoms with Crippen LogP contribution in [0, 0.1) is 36.7 Å². The Morgan fingerprint density at radius 3 is 2.33 bits per heavy atom. The first kappa shape index (κ1) is 26.0. The van der Waals surface area contributed by atoms with Crippen LogP contribution < -0.4 is 0 Å². The van der Waals surface area contributed by atoms with Gasteiger partial charge in [0.2, 0.25) is 0 Å². The molecule has 2 aliphatic rings. The summed E-state index contributed by atoms with van der Waals surface area (Å²) in [6, 6.07) is 21.6. The van der Waals surface area contributed by atoms with Crippen molar-refractivity contribution >= 4 is 10.9 Å². The minimum absolute atomic E-state index is 0. The van der Waals surface area contributed by atoms with Gasteiger partial charge in [-0.25, -0.2) is 0 Å². The summed E-state index contributed by atoms with van der Waals surface area (Å²) < 4.78 is 0.